The van der Waals surface area contributed by atoms with Gasteiger partial charge < -0.3 is 4.57 Å². The molecule has 3 rings (SSSR count). The summed E-state index contributed by atoms with van der Waals surface area (Å²) in [7, 11) is -1.51. The maximum atomic E-state index is 12.6. The van der Waals surface area contributed by atoms with Gasteiger partial charge in [-0.15, -0.1) is 11.6 Å². The van der Waals surface area contributed by atoms with Crippen LogP contribution >= 0.6 is 11.6 Å². The van der Waals surface area contributed by atoms with E-state index in [0.29, 0.717) is 35.7 Å². The minimum absolute atomic E-state index is 0.331. The largest absolute Gasteiger partial charge is 0.352 e. The third kappa shape index (κ3) is 2.22. The highest BCUT2D eigenvalue weighted by Crippen LogP contribution is 2.39. The molecular formula is C13H19ClN2O2S. The fraction of sp³-hybridized carbons (Fsp3) is 0.692. The van der Waals surface area contributed by atoms with E-state index in [1.807, 2.05) is 7.05 Å². The van der Waals surface area contributed by atoms with Crippen LogP contribution in [-0.4, -0.2) is 30.4 Å². The topological polar surface area (TPSA) is 42.3 Å². The van der Waals surface area contributed by atoms with Crippen molar-refractivity contribution < 1.29 is 8.42 Å². The number of hydrogen-bond donors (Lipinski definition) is 0. The summed E-state index contributed by atoms with van der Waals surface area (Å²) in [6, 6.07) is 1.69. The zero-order chi connectivity index (χ0) is 13.6. The molecule has 1 saturated heterocycles. The van der Waals surface area contributed by atoms with Gasteiger partial charge in [0.05, 0.1) is 5.88 Å². The molecule has 6 heteroatoms. The van der Waals surface area contributed by atoms with Gasteiger partial charge in [-0.1, -0.05) is 6.42 Å². The maximum Gasteiger partial charge on any atom is 0.244 e. The fourth-order valence-electron chi connectivity index (χ4n) is 3.39. The summed E-state index contributed by atoms with van der Waals surface area (Å²) in [5.41, 5.74) is 0.833. The summed E-state index contributed by atoms with van der Waals surface area (Å²) in [4.78, 5) is 0.380. The van der Waals surface area contributed by atoms with E-state index in [-0.39, 0.29) is 0 Å². The lowest BCUT2D eigenvalue weighted by atomic mass is 10.0. The van der Waals surface area contributed by atoms with Crippen LogP contribution in [0.2, 0.25) is 0 Å². The lowest BCUT2D eigenvalue weighted by Gasteiger charge is -2.16. The van der Waals surface area contributed by atoms with Gasteiger partial charge in [0.1, 0.15) is 4.90 Å². The van der Waals surface area contributed by atoms with E-state index in [2.05, 4.69) is 0 Å². The Morgan fingerprint density at radius 3 is 2.47 bits per heavy atom. The van der Waals surface area contributed by atoms with Crippen LogP contribution in [0.15, 0.2) is 17.2 Å². The molecule has 0 N–H and O–H groups in total. The Labute approximate surface area is 119 Å². The summed E-state index contributed by atoms with van der Waals surface area (Å²) in [6.45, 7) is 1.39. The summed E-state index contributed by atoms with van der Waals surface area (Å²) in [5, 5.41) is 0. The molecule has 2 unspecified atom stereocenters. The van der Waals surface area contributed by atoms with Crippen molar-refractivity contribution in [2.75, 3.05) is 13.1 Å². The van der Waals surface area contributed by atoms with Crippen molar-refractivity contribution in [1.82, 2.24) is 8.87 Å². The molecule has 1 aromatic heterocycles. The van der Waals surface area contributed by atoms with E-state index in [1.54, 1.807) is 21.1 Å². The fourth-order valence-corrected chi connectivity index (χ4v) is 5.30. The molecule has 1 saturated carbocycles. The zero-order valence-electron chi connectivity index (χ0n) is 11.0. The highest BCUT2D eigenvalue weighted by Gasteiger charge is 2.41. The molecule has 2 atom stereocenters. The first kappa shape index (κ1) is 13.5. The van der Waals surface area contributed by atoms with Crippen LogP contribution in [0, 0.1) is 11.8 Å². The summed E-state index contributed by atoms with van der Waals surface area (Å²) in [5.74, 6) is 1.48. The highest BCUT2D eigenvalue weighted by molar-refractivity contribution is 7.89. The van der Waals surface area contributed by atoms with Gasteiger partial charge in [0.15, 0.2) is 0 Å². The predicted molar refractivity (Wildman–Crippen MR) is 74.6 cm³/mol. The molecule has 4 nitrogen and oxygen atoms in total. The number of fused-ring (bicyclic) bond motifs is 1. The number of aromatic nitrogens is 1. The molecule has 1 aliphatic heterocycles. The second kappa shape index (κ2) is 4.79. The van der Waals surface area contributed by atoms with Gasteiger partial charge in [-0.3, -0.25) is 0 Å². The van der Waals surface area contributed by atoms with Gasteiger partial charge in [0.2, 0.25) is 10.0 Å². The SMILES string of the molecule is Cn1cc(S(=O)(=O)N2CC3CCCC3C2)cc1CCl. The second-order valence-corrected chi connectivity index (χ2v) is 7.89. The van der Waals surface area contributed by atoms with Gasteiger partial charge >= 0.3 is 0 Å². The third-order valence-electron chi connectivity index (χ3n) is 4.55. The van der Waals surface area contributed by atoms with Crippen LogP contribution < -0.4 is 0 Å². The second-order valence-electron chi connectivity index (χ2n) is 5.68. The van der Waals surface area contributed by atoms with Crippen molar-refractivity contribution in [2.24, 2.45) is 18.9 Å². The molecule has 1 aliphatic carbocycles. The van der Waals surface area contributed by atoms with Gasteiger partial charge in [-0.2, -0.15) is 4.31 Å². The van der Waals surface area contributed by atoms with Gasteiger partial charge in [-0.25, -0.2) is 8.42 Å². The standard InChI is InChI=1S/C13H19ClN2O2S/c1-15-9-13(5-12(15)6-14)19(17,18)16-7-10-3-2-4-11(10)8-16/h5,9-11H,2-4,6-8H2,1H3. The lowest BCUT2D eigenvalue weighted by molar-refractivity contribution is 0.445. The molecule has 106 valence electrons. The molecule has 0 bridgehead atoms. The van der Waals surface area contributed by atoms with E-state index in [0.717, 1.165) is 5.69 Å². The molecule has 2 fully saturated rings. The first-order valence-corrected chi connectivity index (χ1v) is 8.71. The highest BCUT2D eigenvalue weighted by atomic mass is 35.5. The first-order chi connectivity index (χ1) is 9.02. The number of sulfonamides is 1. The number of nitrogens with zero attached hydrogens (tertiary/aromatic N) is 2. The zero-order valence-corrected chi connectivity index (χ0v) is 12.6. The Balaban J connectivity index is 1.86. The average molecular weight is 303 g/mol. The van der Waals surface area contributed by atoms with Gasteiger partial charge in [0, 0.05) is 32.0 Å². The Morgan fingerprint density at radius 1 is 1.32 bits per heavy atom. The smallest absolute Gasteiger partial charge is 0.244 e. The summed E-state index contributed by atoms with van der Waals surface area (Å²) < 4.78 is 28.7. The van der Waals surface area contributed by atoms with Crippen LogP contribution in [-0.2, 0) is 23.0 Å². The van der Waals surface area contributed by atoms with E-state index in [1.165, 1.54) is 19.3 Å². The Kier molecular flexibility index (Phi) is 3.39. The molecule has 0 aromatic carbocycles. The van der Waals surface area contributed by atoms with Crippen LogP contribution in [0.1, 0.15) is 25.0 Å². The minimum atomic E-state index is -3.34. The van der Waals surface area contributed by atoms with Crippen molar-refractivity contribution in [3.05, 3.63) is 18.0 Å². The summed E-state index contributed by atoms with van der Waals surface area (Å²) >= 11 is 5.80. The number of halogens is 1. The molecule has 2 aliphatic rings. The van der Waals surface area contributed by atoms with E-state index < -0.39 is 10.0 Å². The lowest BCUT2D eigenvalue weighted by Crippen LogP contribution is -2.29. The van der Waals surface area contributed by atoms with E-state index >= 15 is 0 Å². The number of hydrogen-bond acceptors (Lipinski definition) is 2. The normalized spacial score (nSPS) is 27.9. The molecule has 19 heavy (non-hydrogen) atoms. The maximum absolute atomic E-state index is 12.6. The molecule has 0 spiro atoms. The first-order valence-electron chi connectivity index (χ1n) is 6.73. The molecule has 2 heterocycles. The molecule has 0 radical (unpaired) electrons. The van der Waals surface area contributed by atoms with Crippen molar-refractivity contribution >= 4 is 21.6 Å². The number of alkyl halides is 1. The van der Waals surface area contributed by atoms with E-state index in [9.17, 15) is 8.42 Å². The van der Waals surface area contributed by atoms with Gasteiger partial charge in [0.25, 0.3) is 0 Å². The molecule has 0 amide bonds. The number of rotatable bonds is 3. The van der Waals surface area contributed by atoms with Crippen molar-refractivity contribution in [1.29, 1.82) is 0 Å². The van der Waals surface area contributed by atoms with Crippen LogP contribution in [0.3, 0.4) is 0 Å². The van der Waals surface area contributed by atoms with Crippen molar-refractivity contribution in [2.45, 2.75) is 30.0 Å². The van der Waals surface area contributed by atoms with Crippen molar-refractivity contribution in [3.63, 3.8) is 0 Å². The van der Waals surface area contributed by atoms with Crippen molar-refractivity contribution in [3.8, 4) is 0 Å². The van der Waals surface area contributed by atoms with Gasteiger partial charge in [-0.05, 0) is 30.7 Å². The Bertz CT molecular complexity index is 569. The third-order valence-corrected chi connectivity index (χ3v) is 6.62. The predicted octanol–water partition coefficient (Wildman–Crippen LogP) is 2.18. The Morgan fingerprint density at radius 2 is 1.95 bits per heavy atom. The van der Waals surface area contributed by atoms with E-state index in [4.69, 9.17) is 11.6 Å². The van der Waals surface area contributed by atoms with Crippen LogP contribution in [0.4, 0.5) is 0 Å². The molecule has 1 aromatic rings. The minimum Gasteiger partial charge on any atom is -0.352 e. The molecular weight excluding hydrogens is 284 g/mol. The summed E-state index contributed by atoms with van der Waals surface area (Å²) in [6.07, 6.45) is 5.28. The quantitative estimate of drug-likeness (QED) is 0.803. The Hall–Kier alpha value is -0.520. The van der Waals surface area contributed by atoms with Crippen LogP contribution in [0.25, 0.3) is 0 Å². The van der Waals surface area contributed by atoms with Crippen LogP contribution in [0.5, 0.6) is 0 Å². The number of aryl methyl sites for hydroxylation is 1. The average Bonchev–Trinajstić information content (AvgIpc) is 3.00. The monoisotopic (exact) mass is 302 g/mol.